The van der Waals surface area contributed by atoms with E-state index in [-0.39, 0.29) is 5.78 Å². The van der Waals surface area contributed by atoms with Crippen molar-refractivity contribution in [1.29, 1.82) is 0 Å². The number of para-hydroxylation sites is 1. The van der Waals surface area contributed by atoms with Gasteiger partial charge >= 0.3 is 5.97 Å². The Balaban J connectivity index is 1.52. The first-order valence-electron chi connectivity index (χ1n) is 10.1. The van der Waals surface area contributed by atoms with E-state index in [1.165, 1.54) is 0 Å². The van der Waals surface area contributed by atoms with Gasteiger partial charge in [-0.15, -0.1) is 0 Å². The Morgan fingerprint density at radius 1 is 0.742 bits per heavy atom. The van der Waals surface area contributed by atoms with Gasteiger partial charge in [0, 0.05) is 28.2 Å². The number of fused-ring (bicyclic) bond motifs is 2. The molecule has 0 aliphatic rings. The van der Waals surface area contributed by atoms with E-state index in [0.717, 1.165) is 21.7 Å². The van der Waals surface area contributed by atoms with Crippen molar-refractivity contribution in [2.45, 2.75) is 6.10 Å². The molecule has 5 rings (SSSR count). The standard InChI is InChI=1S/C27H19NO3/c29-25(23-17-28-24-13-7-6-12-22(23)24)26(19-9-2-1-3-10-19)31-27(30)21-15-14-18-8-4-5-11-20(18)16-21/h1-17,26,28H. The number of aromatic amines is 1. The van der Waals surface area contributed by atoms with Crippen LogP contribution in [0.5, 0.6) is 0 Å². The minimum atomic E-state index is -1.04. The molecular formula is C27H19NO3. The Hall–Kier alpha value is -4.18. The summed E-state index contributed by atoms with van der Waals surface area (Å²) >= 11 is 0. The van der Waals surface area contributed by atoms with Crippen LogP contribution in [0.1, 0.15) is 32.4 Å². The summed E-state index contributed by atoms with van der Waals surface area (Å²) in [6.45, 7) is 0. The third-order valence-electron chi connectivity index (χ3n) is 5.41. The van der Waals surface area contributed by atoms with Gasteiger partial charge in [0.05, 0.1) is 5.56 Å². The molecule has 0 spiro atoms. The highest BCUT2D eigenvalue weighted by atomic mass is 16.5. The number of carbonyl (C=O) groups is 2. The van der Waals surface area contributed by atoms with Gasteiger partial charge in [-0.25, -0.2) is 4.79 Å². The molecule has 31 heavy (non-hydrogen) atoms. The van der Waals surface area contributed by atoms with Crippen LogP contribution in [0.15, 0.2) is 103 Å². The topological polar surface area (TPSA) is 59.2 Å². The lowest BCUT2D eigenvalue weighted by Gasteiger charge is -2.17. The highest BCUT2D eigenvalue weighted by Crippen LogP contribution is 2.28. The van der Waals surface area contributed by atoms with Crippen LogP contribution in [0.2, 0.25) is 0 Å². The summed E-state index contributed by atoms with van der Waals surface area (Å²) in [5.74, 6) is -0.800. The minimum Gasteiger partial charge on any atom is -0.445 e. The Bertz CT molecular complexity index is 1400. The van der Waals surface area contributed by atoms with E-state index in [4.69, 9.17) is 4.74 Å². The zero-order valence-corrected chi connectivity index (χ0v) is 16.6. The molecule has 0 fully saturated rings. The molecule has 1 N–H and O–H groups in total. The largest absolute Gasteiger partial charge is 0.445 e. The number of aromatic nitrogens is 1. The van der Waals surface area contributed by atoms with Gasteiger partial charge in [0.2, 0.25) is 5.78 Å². The quantitative estimate of drug-likeness (QED) is 0.284. The monoisotopic (exact) mass is 405 g/mol. The van der Waals surface area contributed by atoms with Crippen LogP contribution in [0.4, 0.5) is 0 Å². The fourth-order valence-corrected chi connectivity index (χ4v) is 3.81. The number of rotatable bonds is 5. The number of nitrogens with one attached hydrogen (secondary N) is 1. The maximum absolute atomic E-state index is 13.5. The van der Waals surface area contributed by atoms with Gasteiger partial charge in [-0.3, -0.25) is 4.79 Å². The third-order valence-corrected chi connectivity index (χ3v) is 5.41. The molecule has 0 aliphatic carbocycles. The number of H-pyrrole nitrogens is 1. The Morgan fingerprint density at radius 3 is 2.29 bits per heavy atom. The number of ketones is 1. The van der Waals surface area contributed by atoms with E-state index in [9.17, 15) is 9.59 Å². The van der Waals surface area contributed by atoms with Crippen molar-refractivity contribution < 1.29 is 14.3 Å². The first-order valence-corrected chi connectivity index (χ1v) is 10.1. The number of hydrogen-bond acceptors (Lipinski definition) is 3. The molecule has 4 heteroatoms. The molecule has 0 saturated carbocycles. The lowest BCUT2D eigenvalue weighted by Crippen LogP contribution is -2.20. The summed E-state index contributed by atoms with van der Waals surface area (Å²) in [5, 5.41) is 2.78. The zero-order chi connectivity index (χ0) is 21.2. The SMILES string of the molecule is O=C(OC(C(=O)c1c[nH]c2ccccc12)c1ccccc1)c1ccc2ccccc2c1. The van der Waals surface area contributed by atoms with Crippen LogP contribution in [0, 0.1) is 0 Å². The van der Waals surface area contributed by atoms with Gasteiger partial charge in [0.25, 0.3) is 0 Å². The number of Topliss-reactive ketones (excluding diaryl/α,β-unsaturated/α-hetero) is 1. The second-order valence-corrected chi connectivity index (χ2v) is 7.37. The van der Waals surface area contributed by atoms with E-state index in [0.29, 0.717) is 16.7 Å². The summed E-state index contributed by atoms with van der Waals surface area (Å²) in [6.07, 6.45) is 0.631. The molecular weight excluding hydrogens is 386 g/mol. The first-order chi connectivity index (χ1) is 15.2. The van der Waals surface area contributed by atoms with Crippen LogP contribution in [0.25, 0.3) is 21.7 Å². The second-order valence-electron chi connectivity index (χ2n) is 7.37. The Kier molecular flexibility index (Phi) is 4.81. The maximum atomic E-state index is 13.5. The van der Waals surface area contributed by atoms with Gasteiger partial charge in [0.1, 0.15) is 0 Å². The summed E-state index contributed by atoms with van der Waals surface area (Å²) in [7, 11) is 0. The fraction of sp³-hybridized carbons (Fsp3) is 0.0370. The van der Waals surface area contributed by atoms with Crippen molar-refractivity contribution in [3.63, 3.8) is 0 Å². The molecule has 4 aromatic carbocycles. The van der Waals surface area contributed by atoms with E-state index in [1.54, 1.807) is 30.5 Å². The number of carbonyl (C=O) groups excluding carboxylic acids is 2. The average Bonchev–Trinajstić information content (AvgIpc) is 3.26. The summed E-state index contributed by atoms with van der Waals surface area (Å²) in [5.41, 5.74) is 2.40. The molecule has 1 aromatic heterocycles. The molecule has 150 valence electrons. The van der Waals surface area contributed by atoms with Crippen molar-refractivity contribution in [2.24, 2.45) is 0 Å². The van der Waals surface area contributed by atoms with Crippen LogP contribution in [0.3, 0.4) is 0 Å². The van der Waals surface area contributed by atoms with Crippen molar-refractivity contribution in [2.75, 3.05) is 0 Å². The molecule has 0 radical (unpaired) electrons. The zero-order valence-electron chi connectivity index (χ0n) is 16.6. The lowest BCUT2D eigenvalue weighted by atomic mass is 9.99. The highest BCUT2D eigenvalue weighted by molar-refractivity contribution is 6.11. The van der Waals surface area contributed by atoms with E-state index < -0.39 is 12.1 Å². The van der Waals surface area contributed by atoms with Crippen molar-refractivity contribution in [3.05, 3.63) is 120 Å². The summed E-state index contributed by atoms with van der Waals surface area (Å²) in [4.78, 5) is 29.6. The van der Waals surface area contributed by atoms with Crippen LogP contribution in [-0.2, 0) is 4.74 Å². The molecule has 0 amide bonds. The number of benzene rings is 4. The predicted molar refractivity (Wildman–Crippen MR) is 121 cm³/mol. The van der Waals surface area contributed by atoms with Crippen LogP contribution in [-0.4, -0.2) is 16.7 Å². The average molecular weight is 405 g/mol. The molecule has 0 aliphatic heterocycles. The van der Waals surface area contributed by atoms with Gasteiger partial charge < -0.3 is 9.72 Å². The smallest absolute Gasteiger partial charge is 0.339 e. The number of esters is 1. The Labute approximate surface area is 179 Å². The second kappa shape index (κ2) is 7.92. The molecule has 1 unspecified atom stereocenters. The maximum Gasteiger partial charge on any atom is 0.339 e. The molecule has 1 atom stereocenters. The van der Waals surface area contributed by atoms with Crippen LogP contribution < -0.4 is 0 Å². The number of hydrogen-bond donors (Lipinski definition) is 1. The van der Waals surface area contributed by atoms with Gasteiger partial charge in [-0.2, -0.15) is 0 Å². The summed E-state index contributed by atoms with van der Waals surface area (Å²) in [6, 6.07) is 29.9. The van der Waals surface area contributed by atoms with E-state index in [1.807, 2.05) is 72.8 Å². The lowest BCUT2D eigenvalue weighted by molar-refractivity contribution is 0.0281. The van der Waals surface area contributed by atoms with Gasteiger partial charge in [-0.1, -0.05) is 78.9 Å². The van der Waals surface area contributed by atoms with Gasteiger partial charge in [-0.05, 0) is 29.0 Å². The first kappa shape index (κ1) is 18.8. The predicted octanol–water partition coefficient (Wildman–Crippen LogP) is 6.10. The van der Waals surface area contributed by atoms with Crippen molar-refractivity contribution in [3.8, 4) is 0 Å². The minimum absolute atomic E-state index is 0.266. The summed E-state index contributed by atoms with van der Waals surface area (Å²) < 4.78 is 5.80. The fourth-order valence-electron chi connectivity index (χ4n) is 3.81. The molecule has 0 saturated heterocycles. The van der Waals surface area contributed by atoms with Crippen molar-refractivity contribution >= 4 is 33.4 Å². The molecule has 0 bridgehead atoms. The third kappa shape index (κ3) is 3.60. The molecule has 1 heterocycles. The normalized spacial score (nSPS) is 12.0. The number of ether oxygens (including phenoxy) is 1. The van der Waals surface area contributed by atoms with Crippen LogP contribution >= 0.6 is 0 Å². The van der Waals surface area contributed by atoms with E-state index in [2.05, 4.69) is 4.98 Å². The Morgan fingerprint density at radius 2 is 1.45 bits per heavy atom. The van der Waals surface area contributed by atoms with E-state index >= 15 is 0 Å². The van der Waals surface area contributed by atoms with Crippen molar-refractivity contribution in [1.82, 2.24) is 4.98 Å². The highest BCUT2D eigenvalue weighted by Gasteiger charge is 2.28. The molecule has 5 aromatic rings. The molecule has 4 nitrogen and oxygen atoms in total. The van der Waals surface area contributed by atoms with Gasteiger partial charge in [0.15, 0.2) is 6.10 Å².